The predicted molar refractivity (Wildman–Crippen MR) is 56.6 cm³/mol. The Bertz CT molecular complexity index is 323. The van der Waals surface area contributed by atoms with E-state index in [4.69, 9.17) is 0 Å². The lowest BCUT2D eigenvalue weighted by Crippen LogP contribution is -2.19. The summed E-state index contributed by atoms with van der Waals surface area (Å²) in [4.78, 5) is 11.1. The number of rotatable bonds is 2. The van der Waals surface area contributed by atoms with E-state index < -0.39 is 0 Å². The average Bonchev–Trinajstić information content (AvgIpc) is 2.11. The average molecular weight is 242 g/mol. The first kappa shape index (κ1) is 10.3. The Kier molecular flexibility index (Phi) is 3.48. The van der Waals surface area contributed by atoms with Crippen LogP contribution >= 0.6 is 15.9 Å². The summed E-state index contributed by atoms with van der Waals surface area (Å²) in [6.07, 6.45) is 0.449. The Morgan fingerprint density at radius 3 is 2.77 bits per heavy atom. The van der Waals surface area contributed by atoms with Gasteiger partial charge in [-0.2, -0.15) is 0 Å². The van der Waals surface area contributed by atoms with E-state index in [1.54, 1.807) is 7.05 Å². The second-order valence-electron chi connectivity index (χ2n) is 2.93. The van der Waals surface area contributed by atoms with Crippen molar-refractivity contribution in [3.8, 4) is 0 Å². The summed E-state index contributed by atoms with van der Waals surface area (Å²) >= 11 is 3.41. The molecule has 0 bridgehead atoms. The molecule has 0 radical (unpaired) electrons. The maximum Gasteiger partial charge on any atom is 0.224 e. The van der Waals surface area contributed by atoms with Crippen molar-refractivity contribution in [1.82, 2.24) is 5.32 Å². The van der Waals surface area contributed by atoms with E-state index in [0.717, 1.165) is 15.6 Å². The molecule has 2 nitrogen and oxygen atoms in total. The van der Waals surface area contributed by atoms with Crippen molar-refractivity contribution in [2.24, 2.45) is 0 Å². The summed E-state index contributed by atoms with van der Waals surface area (Å²) in [5.74, 6) is 0.0433. The van der Waals surface area contributed by atoms with Gasteiger partial charge in [-0.1, -0.05) is 28.1 Å². The molecule has 0 aliphatic heterocycles. The topological polar surface area (TPSA) is 29.1 Å². The van der Waals surface area contributed by atoms with Crippen LogP contribution in [-0.4, -0.2) is 13.0 Å². The molecule has 0 saturated heterocycles. The molecule has 70 valence electrons. The van der Waals surface area contributed by atoms with Crippen LogP contribution in [0.1, 0.15) is 11.1 Å². The smallest absolute Gasteiger partial charge is 0.224 e. The van der Waals surface area contributed by atoms with Crippen molar-refractivity contribution >= 4 is 21.8 Å². The number of carbonyl (C=O) groups excluding carboxylic acids is 1. The number of benzene rings is 1. The second kappa shape index (κ2) is 4.42. The van der Waals surface area contributed by atoms with Gasteiger partial charge in [0.05, 0.1) is 6.42 Å². The van der Waals surface area contributed by atoms with Gasteiger partial charge in [-0.05, 0) is 24.1 Å². The Balaban J connectivity index is 2.79. The zero-order valence-electron chi connectivity index (χ0n) is 7.73. The highest BCUT2D eigenvalue weighted by Crippen LogP contribution is 2.17. The van der Waals surface area contributed by atoms with Crippen molar-refractivity contribution in [3.05, 3.63) is 33.8 Å². The fourth-order valence-corrected chi connectivity index (χ4v) is 1.34. The second-order valence-corrected chi connectivity index (χ2v) is 3.79. The van der Waals surface area contributed by atoms with Crippen molar-refractivity contribution < 1.29 is 4.79 Å². The normalized spacial score (nSPS) is 9.77. The van der Waals surface area contributed by atoms with Crippen molar-refractivity contribution in [1.29, 1.82) is 0 Å². The standard InChI is InChI=1S/C10H12BrNO/c1-7-5-8(3-4-9(7)11)6-10(13)12-2/h3-5H,6H2,1-2H3,(H,12,13). The number of carbonyl (C=O) groups is 1. The van der Waals surface area contributed by atoms with Crippen LogP contribution < -0.4 is 5.32 Å². The van der Waals surface area contributed by atoms with Crippen molar-refractivity contribution in [2.45, 2.75) is 13.3 Å². The first-order valence-corrected chi connectivity index (χ1v) is 4.88. The Labute approximate surface area is 86.5 Å². The maximum atomic E-state index is 11.1. The third-order valence-corrected chi connectivity index (χ3v) is 2.76. The minimum absolute atomic E-state index is 0.0433. The molecule has 1 N–H and O–H groups in total. The van der Waals surface area contributed by atoms with Gasteiger partial charge in [0.25, 0.3) is 0 Å². The minimum atomic E-state index is 0.0433. The molecule has 1 rings (SSSR count). The number of nitrogens with one attached hydrogen (secondary N) is 1. The summed E-state index contributed by atoms with van der Waals surface area (Å²) in [5, 5.41) is 2.60. The van der Waals surface area contributed by atoms with E-state index in [1.807, 2.05) is 25.1 Å². The van der Waals surface area contributed by atoms with Crippen LogP contribution in [0.3, 0.4) is 0 Å². The number of amides is 1. The summed E-state index contributed by atoms with van der Waals surface area (Å²) in [6.45, 7) is 2.01. The number of aryl methyl sites for hydroxylation is 1. The maximum absolute atomic E-state index is 11.1. The molecule has 0 spiro atoms. The van der Waals surface area contributed by atoms with Gasteiger partial charge in [-0.25, -0.2) is 0 Å². The summed E-state index contributed by atoms with van der Waals surface area (Å²) in [6, 6.07) is 5.93. The van der Waals surface area contributed by atoms with Gasteiger partial charge >= 0.3 is 0 Å². The van der Waals surface area contributed by atoms with Gasteiger partial charge in [-0.3, -0.25) is 4.79 Å². The van der Waals surface area contributed by atoms with Crippen LogP contribution in [0.2, 0.25) is 0 Å². The molecule has 0 fully saturated rings. The van der Waals surface area contributed by atoms with Crippen molar-refractivity contribution in [3.63, 3.8) is 0 Å². The van der Waals surface area contributed by atoms with Gasteiger partial charge in [0, 0.05) is 11.5 Å². The van der Waals surface area contributed by atoms with E-state index in [9.17, 15) is 4.79 Å². The zero-order chi connectivity index (χ0) is 9.84. The van der Waals surface area contributed by atoms with E-state index in [1.165, 1.54) is 0 Å². The fourth-order valence-electron chi connectivity index (χ4n) is 1.09. The van der Waals surface area contributed by atoms with Crippen LogP contribution in [-0.2, 0) is 11.2 Å². The molecular weight excluding hydrogens is 230 g/mol. The molecule has 1 aromatic carbocycles. The molecule has 0 heterocycles. The van der Waals surface area contributed by atoms with Crippen molar-refractivity contribution in [2.75, 3.05) is 7.05 Å². The molecule has 3 heteroatoms. The third-order valence-electron chi connectivity index (χ3n) is 1.87. The SMILES string of the molecule is CNC(=O)Cc1ccc(Br)c(C)c1. The van der Waals surface area contributed by atoms with Gasteiger partial charge in [0.1, 0.15) is 0 Å². The predicted octanol–water partition coefficient (Wildman–Crippen LogP) is 2.05. The number of hydrogen-bond donors (Lipinski definition) is 1. The Morgan fingerprint density at radius 1 is 1.54 bits per heavy atom. The molecule has 0 aliphatic carbocycles. The lowest BCUT2D eigenvalue weighted by Gasteiger charge is -2.03. The van der Waals surface area contributed by atoms with Crippen LogP contribution in [0, 0.1) is 6.92 Å². The first-order valence-electron chi connectivity index (χ1n) is 4.09. The molecule has 13 heavy (non-hydrogen) atoms. The quantitative estimate of drug-likeness (QED) is 0.844. The van der Waals surface area contributed by atoms with E-state index in [-0.39, 0.29) is 5.91 Å². The molecule has 0 aromatic heterocycles. The van der Waals surface area contributed by atoms with Gasteiger partial charge in [-0.15, -0.1) is 0 Å². The molecular formula is C10H12BrNO. The highest BCUT2D eigenvalue weighted by molar-refractivity contribution is 9.10. The molecule has 1 amide bonds. The van der Waals surface area contributed by atoms with Crippen LogP contribution in [0.4, 0.5) is 0 Å². The molecule has 0 saturated carbocycles. The van der Waals surface area contributed by atoms with E-state index in [0.29, 0.717) is 6.42 Å². The number of likely N-dealkylation sites (N-methyl/N-ethyl adjacent to an activating group) is 1. The molecule has 0 unspecified atom stereocenters. The Morgan fingerprint density at radius 2 is 2.23 bits per heavy atom. The van der Waals surface area contributed by atoms with Gasteiger partial charge in [0.15, 0.2) is 0 Å². The lowest BCUT2D eigenvalue weighted by atomic mass is 10.1. The van der Waals surface area contributed by atoms with E-state index in [2.05, 4.69) is 21.2 Å². The molecule has 0 atom stereocenters. The fraction of sp³-hybridized carbons (Fsp3) is 0.300. The van der Waals surface area contributed by atoms with Gasteiger partial charge in [0.2, 0.25) is 5.91 Å². The highest BCUT2D eigenvalue weighted by atomic mass is 79.9. The lowest BCUT2D eigenvalue weighted by molar-refractivity contribution is -0.119. The van der Waals surface area contributed by atoms with Crippen LogP contribution in [0.15, 0.2) is 22.7 Å². The Hall–Kier alpha value is -0.830. The van der Waals surface area contributed by atoms with Gasteiger partial charge < -0.3 is 5.32 Å². The molecule has 0 aliphatic rings. The summed E-state index contributed by atoms with van der Waals surface area (Å²) < 4.78 is 1.08. The number of hydrogen-bond acceptors (Lipinski definition) is 1. The first-order chi connectivity index (χ1) is 6.13. The highest BCUT2D eigenvalue weighted by Gasteiger charge is 2.01. The van der Waals surface area contributed by atoms with Crippen LogP contribution in [0.25, 0.3) is 0 Å². The molecule has 1 aromatic rings. The largest absolute Gasteiger partial charge is 0.359 e. The van der Waals surface area contributed by atoms with Crippen LogP contribution in [0.5, 0.6) is 0 Å². The summed E-state index contributed by atoms with van der Waals surface area (Å²) in [5.41, 5.74) is 2.20. The monoisotopic (exact) mass is 241 g/mol. The number of halogens is 1. The summed E-state index contributed by atoms with van der Waals surface area (Å²) in [7, 11) is 1.65. The third kappa shape index (κ3) is 2.84. The minimum Gasteiger partial charge on any atom is -0.359 e. The van der Waals surface area contributed by atoms with E-state index >= 15 is 0 Å². The zero-order valence-corrected chi connectivity index (χ0v) is 9.31.